The monoisotopic (exact) mass is 423 g/mol. The maximum atomic E-state index is 13.4. The highest BCUT2D eigenvalue weighted by atomic mass is 16.5. The Balaban J connectivity index is 1.12. The van der Waals surface area contributed by atoms with Crippen LogP contribution in [0.15, 0.2) is 30.3 Å². The molecule has 4 saturated carbocycles. The number of nitrogens with one attached hydrogen (secondary N) is 1. The minimum atomic E-state index is -0.302. The van der Waals surface area contributed by atoms with Crippen LogP contribution in [-0.2, 0) is 4.79 Å². The van der Waals surface area contributed by atoms with Crippen LogP contribution in [0.4, 0.5) is 4.79 Å². The van der Waals surface area contributed by atoms with Crippen LogP contribution in [-0.4, -0.2) is 41.1 Å². The van der Waals surface area contributed by atoms with Crippen LogP contribution in [0.1, 0.15) is 57.8 Å². The topological polar surface area (TPSA) is 84.7 Å². The molecule has 2 heterocycles. The summed E-state index contributed by atoms with van der Waals surface area (Å²) in [5.41, 5.74) is 5.52. The molecule has 2 aliphatic heterocycles. The molecule has 7 rings (SSSR count). The van der Waals surface area contributed by atoms with E-state index in [1.54, 1.807) is 0 Å². The number of primary amides is 1. The number of nitrogens with two attached hydrogens (primary N) is 1. The van der Waals surface area contributed by atoms with Gasteiger partial charge in [0, 0.05) is 36.4 Å². The number of rotatable bonds is 4. The molecular formula is C25H33N3O3. The molecule has 3 N–H and O–H groups in total. The smallest absolute Gasteiger partial charge is 0.318 e. The van der Waals surface area contributed by atoms with Crippen molar-refractivity contribution in [3.63, 3.8) is 0 Å². The maximum absolute atomic E-state index is 13.4. The predicted octanol–water partition coefficient (Wildman–Crippen LogP) is 3.45. The normalized spacial score (nSPS) is 42.5. The number of ether oxygens (including phenoxy) is 1. The number of urea groups is 1. The largest absolute Gasteiger partial charge is 0.490 e. The summed E-state index contributed by atoms with van der Waals surface area (Å²) in [4.78, 5) is 27.7. The van der Waals surface area contributed by atoms with E-state index in [1.165, 1.54) is 0 Å². The van der Waals surface area contributed by atoms with E-state index < -0.39 is 0 Å². The van der Waals surface area contributed by atoms with E-state index in [-0.39, 0.29) is 41.6 Å². The van der Waals surface area contributed by atoms with Crippen LogP contribution in [0.5, 0.6) is 5.75 Å². The zero-order chi connectivity index (χ0) is 21.2. The van der Waals surface area contributed by atoms with E-state index in [9.17, 15) is 9.59 Å². The Labute approximate surface area is 183 Å². The third-order valence-corrected chi connectivity index (χ3v) is 9.06. The number of amides is 3. The summed E-state index contributed by atoms with van der Waals surface area (Å²) in [6, 6.07) is 10.9. The lowest BCUT2D eigenvalue weighted by molar-refractivity contribution is -0.145. The van der Waals surface area contributed by atoms with Crippen molar-refractivity contribution >= 4 is 11.9 Å². The predicted molar refractivity (Wildman–Crippen MR) is 116 cm³/mol. The first kappa shape index (κ1) is 19.4. The van der Waals surface area contributed by atoms with Crippen molar-refractivity contribution in [2.75, 3.05) is 0 Å². The van der Waals surface area contributed by atoms with Gasteiger partial charge in [0.25, 0.3) is 0 Å². The van der Waals surface area contributed by atoms with E-state index in [4.69, 9.17) is 10.5 Å². The lowest BCUT2D eigenvalue weighted by Crippen LogP contribution is -2.64. The fourth-order valence-electron chi connectivity index (χ4n) is 8.03. The van der Waals surface area contributed by atoms with Crippen LogP contribution in [0.2, 0.25) is 0 Å². The third-order valence-electron chi connectivity index (χ3n) is 9.06. The van der Waals surface area contributed by atoms with Gasteiger partial charge in [-0.25, -0.2) is 4.79 Å². The molecule has 0 radical (unpaired) electrons. The second kappa shape index (κ2) is 7.14. The summed E-state index contributed by atoms with van der Waals surface area (Å²) in [6.07, 6.45) is 9.09. The molecule has 3 unspecified atom stereocenters. The number of nitrogens with zero attached hydrogens (tertiary/aromatic N) is 1. The first-order valence-corrected chi connectivity index (χ1v) is 12.1. The Morgan fingerprint density at radius 2 is 1.61 bits per heavy atom. The van der Waals surface area contributed by atoms with E-state index in [0.29, 0.717) is 17.8 Å². The molecule has 1 aromatic carbocycles. The Bertz CT molecular complexity index is 844. The Morgan fingerprint density at radius 3 is 2.23 bits per heavy atom. The van der Waals surface area contributed by atoms with Crippen molar-refractivity contribution < 1.29 is 14.3 Å². The molecule has 6 bridgehead atoms. The summed E-state index contributed by atoms with van der Waals surface area (Å²) in [7, 11) is 0. The molecule has 0 aromatic heterocycles. The maximum Gasteiger partial charge on any atom is 0.318 e. The number of hydrogen-bond acceptors (Lipinski definition) is 3. The highest BCUT2D eigenvalue weighted by Gasteiger charge is 2.58. The summed E-state index contributed by atoms with van der Waals surface area (Å²) >= 11 is 0. The second-order valence-electron chi connectivity index (χ2n) is 10.9. The first-order chi connectivity index (χ1) is 15.0. The Hall–Kier alpha value is -2.24. The fourth-order valence-corrected chi connectivity index (χ4v) is 8.03. The van der Waals surface area contributed by atoms with Crippen molar-refractivity contribution in [1.29, 1.82) is 0 Å². The molecule has 1 aromatic rings. The quantitative estimate of drug-likeness (QED) is 0.778. The van der Waals surface area contributed by atoms with E-state index in [0.717, 1.165) is 63.5 Å². The molecule has 2 saturated heterocycles. The van der Waals surface area contributed by atoms with Crippen LogP contribution in [0.3, 0.4) is 0 Å². The van der Waals surface area contributed by atoms with Crippen LogP contribution >= 0.6 is 0 Å². The van der Waals surface area contributed by atoms with Gasteiger partial charge in [0.15, 0.2) is 0 Å². The molecule has 6 fully saturated rings. The molecule has 6 nitrogen and oxygen atoms in total. The number of piperidine rings is 1. The van der Waals surface area contributed by atoms with E-state index in [2.05, 4.69) is 10.2 Å². The van der Waals surface area contributed by atoms with Crippen molar-refractivity contribution in [3.05, 3.63) is 30.3 Å². The Morgan fingerprint density at radius 1 is 0.968 bits per heavy atom. The minimum absolute atomic E-state index is 0.108. The van der Waals surface area contributed by atoms with Crippen LogP contribution < -0.4 is 15.8 Å². The van der Waals surface area contributed by atoms with Gasteiger partial charge in [-0.3, -0.25) is 4.79 Å². The summed E-state index contributed by atoms with van der Waals surface area (Å²) in [5, 5.41) is 3.45. The molecule has 4 aliphatic carbocycles. The number of carbonyl (C=O) groups is 2. The van der Waals surface area contributed by atoms with Gasteiger partial charge in [0.05, 0.1) is 0 Å². The molecule has 6 aliphatic rings. The summed E-state index contributed by atoms with van der Waals surface area (Å²) in [5.74, 6) is 2.22. The van der Waals surface area contributed by atoms with Gasteiger partial charge in [-0.15, -0.1) is 0 Å². The summed E-state index contributed by atoms with van der Waals surface area (Å²) in [6.45, 7) is 0. The lowest BCUT2D eigenvalue weighted by atomic mass is 9.47. The molecule has 6 heteroatoms. The number of hydrogen-bond donors (Lipinski definition) is 2. The van der Waals surface area contributed by atoms with Gasteiger partial charge >= 0.3 is 6.03 Å². The third kappa shape index (κ3) is 3.21. The Kier molecular flexibility index (Phi) is 4.48. The van der Waals surface area contributed by atoms with Crippen molar-refractivity contribution in [2.24, 2.45) is 28.9 Å². The van der Waals surface area contributed by atoms with Gasteiger partial charge in [0.2, 0.25) is 5.91 Å². The first-order valence-electron chi connectivity index (χ1n) is 12.1. The average molecular weight is 424 g/mol. The molecule has 31 heavy (non-hydrogen) atoms. The van der Waals surface area contributed by atoms with Crippen molar-refractivity contribution in [3.8, 4) is 5.75 Å². The van der Waals surface area contributed by atoms with Gasteiger partial charge in [-0.1, -0.05) is 18.2 Å². The summed E-state index contributed by atoms with van der Waals surface area (Å²) < 4.78 is 6.22. The molecule has 3 amide bonds. The molecule has 5 atom stereocenters. The zero-order valence-electron chi connectivity index (χ0n) is 18.0. The fraction of sp³-hybridized carbons (Fsp3) is 0.680. The SMILES string of the molecule is NC(=O)C12CC3CC(C1)C(NC(=O)N1[C@@H]4CC[C@H]1CC(Oc1ccccc1)C4)C(C3)C2. The number of benzene rings is 1. The van der Waals surface area contributed by atoms with Crippen LogP contribution in [0, 0.1) is 23.2 Å². The van der Waals surface area contributed by atoms with E-state index >= 15 is 0 Å². The van der Waals surface area contributed by atoms with Crippen molar-refractivity contribution in [1.82, 2.24) is 10.2 Å². The number of fused-ring (bicyclic) bond motifs is 2. The highest BCUT2D eigenvalue weighted by molar-refractivity contribution is 5.81. The zero-order valence-corrected chi connectivity index (χ0v) is 18.0. The highest BCUT2D eigenvalue weighted by Crippen LogP contribution is 2.60. The van der Waals surface area contributed by atoms with Gasteiger partial charge in [-0.2, -0.15) is 0 Å². The van der Waals surface area contributed by atoms with E-state index in [1.807, 2.05) is 30.3 Å². The van der Waals surface area contributed by atoms with Crippen molar-refractivity contribution in [2.45, 2.75) is 82.0 Å². The number of para-hydroxylation sites is 1. The van der Waals surface area contributed by atoms with Crippen LogP contribution in [0.25, 0.3) is 0 Å². The molecule has 0 spiro atoms. The number of carbonyl (C=O) groups excluding carboxylic acids is 2. The van der Waals surface area contributed by atoms with Gasteiger partial charge in [-0.05, 0) is 74.8 Å². The van der Waals surface area contributed by atoms with Gasteiger partial charge in [0.1, 0.15) is 11.9 Å². The van der Waals surface area contributed by atoms with Gasteiger partial charge < -0.3 is 20.7 Å². The molecular weight excluding hydrogens is 390 g/mol. The standard InChI is InChI=1S/C25H33N3O3/c26-23(29)25-12-15-8-16(13-25)22(17(9-15)14-25)27-24(30)28-18-6-7-19(28)11-21(10-18)31-20-4-2-1-3-5-20/h1-5,15-19,21-22H,6-14H2,(H2,26,29)(H,27,30)/t15?,16?,17?,18-,19+,21?,22?,25?. The molecule has 166 valence electrons. The lowest BCUT2D eigenvalue weighted by Gasteiger charge is -2.59. The average Bonchev–Trinajstić information content (AvgIpc) is 3.01. The minimum Gasteiger partial charge on any atom is -0.490 e. The second-order valence-corrected chi connectivity index (χ2v) is 10.9.